The van der Waals surface area contributed by atoms with Crippen LogP contribution in [-0.2, 0) is 0 Å². The van der Waals surface area contributed by atoms with Crippen molar-refractivity contribution in [1.29, 1.82) is 0 Å². The van der Waals surface area contributed by atoms with Crippen LogP contribution in [-0.4, -0.2) is 33.7 Å². The smallest absolute Gasteiger partial charge is 0.291 e. The Morgan fingerprint density at radius 1 is 1.53 bits per heavy atom. The number of oxazole rings is 1. The summed E-state index contributed by atoms with van der Waals surface area (Å²) in [6, 6.07) is 0.251. The first-order valence-corrected chi connectivity index (χ1v) is 6.84. The second kappa shape index (κ2) is 5.21. The molecule has 0 radical (unpaired) electrons. The van der Waals surface area contributed by atoms with Gasteiger partial charge in [-0.3, -0.25) is 4.79 Å². The lowest BCUT2D eigenvalue weighted by Gasteiger charge is -2.34. The Bertz CT molecular complexity index is 405. The van der Waals surface area contributed by atoms with Crippen molar-refractivity contribution in [2.45, 2.75) is 43.5 Å². The molecule has 94 valence electrons. The summed E-state index contributed by atoms with van der Waals surface area (Å²) in [5.41, 5.74) is 0.656. The summed E-state index contributed by atoms with van der Waals surface area (Å²) >= 11 is 3.67. The number of hydrogen-bond acceptors (Lipinski definition) is 3. The highest BCUT2D eigenvalue weighted by molar-refractivity contribution is 9.09. The van der Waals surface area contributed by atoms with Crippen molar-refractivity contribution in [2.24, 2.45) is 0 Å². The van der Waals surface area contributed by atoms with Crippen LogP contribution in [0, 0.1) is 6.92 Å². The zero-order chi connectivity index (χ0) is 12.4. The molecule has 4 nitrogen and oxygen atoms in total. The first-order chi connectivity index (χ1) is 8.11. The fourth-order valence-corrected chi connectivity index (χ4v) is 3.26. The molecule has 0 aliphatic heterocycles. The van der Waals surface area contributed by atoms with E-state index in [1.807, 2.05) is 7.05 Å². The number of hydrogen-bond donors (Lipinski definition) is 0. The van der Waals surface area contributed by atoms with Crippen molar-refractivity contribution < 1.29 is 9.21 Å². The molecule has 1 fully saturated rings. The summed E-state index contributed by atoms with van der Waals surface area (Å²) in [6.07, 6.45) is 5.90. The maximum atomic E-state index is 12.2. The number of aromatic nitrogens is 1. The Morgan fingerprint density at radius 3 is 2.82 bits per heavy atom. The van der Waals surface area contributed by atoms with Gasteiger partial charge in [-0.25, -0.2) is 4.98 Å². The standard InChI is InChI=1S/C12H17BrN2O2/c1-8-11(17-7-14-8)12(16)15(2)10-6-4-3-5-9(10)13/h7,9-10H,3-6H2,1-2H3. The highest BCUT2D eigenvalue weighted by Crippen LogP contribution is 2.28. The van der Waals surface area contributed by atoms with Crippen molar-refractivity contribution >= 4 is 21.8 Å². The summed E-state index contributed by atoms with van der Waals surface area (Å²) in [5.74, 6) is 0.286. The Balaban J connectivity index is 2.11. The third kappa shape index (κ3) is 2.54. The topological polar surface area (TPSA) is 46.3 Å². The summed E-state index contributed by atoms with van der Waals surface area (Å²) < 4.78 is 5.16. The van der Waals surface area contributed by atoms with Crippen molar-refractivity contribution in [3.8, 4) is 0 Å². The quantitative estimate of drug-likeness (QED) is 0.789. The summed E-state index contributed by atoms with van der Waals surface area (Å²) in [6.45, 7) is 1.79. The number of aryl methyl sites for hydroxylation is 1. The molecule has 2 rings (SSSR count). The fourth-order valence-electron chi connectivity index (χ4n) is 2.32. The summed E-state index contributed by atoms with van der Waals surface area (Å²) in [5, 5.41) is 0. The van der Waals surface area contributed by atoms with E-state index in [0.29, 0.717) is 16.3 Å². The Labute approximate surface area is 110 Å². The van der Waals surface area contributed by atoms with Crippen molar-refractivity contribution in [3.63, 3.8) is 0 Å². The van der Waals surface area contributed by atoms with Gasteiger partial charge in [0.05, 0.1) is 5.69 Å². The normalized spacial score (nSPS) is 24.6. The van der Waals surface area contributed by atoms with Gasteiger partial charge in [0.2, 0.25) is 5.76 Å². The third-order valence-corrected chi connectivity index (χ3v) is 4.47. The van der Waals surface area contributed by atoms with Gasteiger partial charge in [0, 0.05) is 17.9 Å². The predicted octanol–water partition coefficient (Wildman–Crippen LogP) is 2.76. The van der Waals surface area contributed by atoms with Crippen molar-refractivity contribution in [3.05, 3.63) is 17.8 Å². The van der Waals surface area contributed by atoms with E-state index in [4.69, 9.17) is 4.42 Å². The van der Waals surface area contributed by atoms with Crippen LogP contribution in [0.2, 0.25) is 0 Å². The van der Waals surface area contributed by atoms with Crippen LogP contribution in [0.15, 0.2) is 10.8 Å². The maximum absolute atomic E-state index is 12.2. The Morgan fingerprint density at radius 2 is 2.24 bits per heavy atom. The van der Waals surface area contributed by atoms with Gasteiger partial charge < -0.3 is 9.32 Å². The van der Waals surface area contributed by atoms with E-state index >= 15 is 0 Å². The van der Waals surface area contributed by atoms with E-state index in [2.05, 4.69) is 20.9 Å². The minimum Gasteiger partial charge on any atom is -0.438 e. The number of rotatable bonds is 2. The number of carbonyl (C=O) groups excluding carboxylic acids is 1. The van der Waals surface area contributed by atoms with Crippen LogP contribution in [0.25, 0.3) is 0 Å². The number of alkyl halides is 1. The largest absolute Gasteiger partial charge is 0.438 e. The Kier molecular flexibility index (Phi) is 3.86. The lowest BCUT2D eigenvalue weighted by Crippen LogP contribution is -2.44. The summed E-state index contributed by atoms with van der Waals surface area (Å²) in [4.78, 5) is 18.4. The van der Waals surface area contributed by atoms with Gasteiger partial charge in [0.1, 0.15) is 0 Å². The van der Waals surface area contributed by atoms with E-state index in [-0.39, 0.29) is 11.9 Å². The average Bonchev–Trinajstić information content (AvgIpc) is 2.74. The second-order valence-electron chi connectivity index (χ2n) is 4.55. The lowest BCUT2D eigenvalue weighted by atomic mass is 9.94. The van der Waals surface area contributed by atoms with Crippen LogP contribution < -0.4 is 0 Å². The van der Waals surface area contributed by atoms with E-state index in [1.165, 1.54) is 19.2 Å². The van der Waals surface area contributed by atoms with E-state index in [0.717, 1.165) is 12.8 Å². The molecule has 1 saturated carbocycles. The molecule has 1 aromatic heterocycles. The van der Waals surface area contributed by atoms with Crippen LogP contribution in [0.5, 0.6) is 0 Å². The number of nitrogens with zero attached hydrogens (tertiary/aromatic N) is 2. The number of amides is 1. The number of halogens is 1. The lowest BCUT2D eigenvalue weighted by molar-refractivity contribution is 0.0671. The van der Waals surface area contributed by atoms with Crippen LogP contribution in [0.4, 0.5) is 0 Å². The SMILES string of the molecule is Cc1ncoc1C(=O)N(C)C1CCCCC1Br. The molecule has 0 spiro atoms. The van der Waals surface area contributed by atoms with Gasteiger partial charge in [-0.1, -0.05) is 28.8 Å². The molecule has 0 bridgehead atoms. The van der Waals surface area contributed by atoms with Crippen molar-refractivity contribution in [1.82, 2.24) is 9.88 Å². The van der Waals surface area contributed by atoms with Gasteiger partial charge >= 0.3 is 0 Å². The molecule has 1 heterocycles. The molecule has 2 unspecified atom stereocenters. The van der Waals surface area contributed by atoms with Crippen LogP contribution in [0.1, 0.15) is 41.9 Å². The first kappa shape index (κ1) is 12.6. The molecular weight excluding hydrogens is 284 g/mol. The molecule has 0 saturated heterocycles. The minimum atomic E-state index is -0.0728. The van der Waals surface area contributed by atoms with Gasteiger partial charge in [0.25, 0.3) is 5.91 Å². The predicted molar refractivity (Wildman–Crippen MR) is 68.3 cm³/mol. The fraction of sp³-hybridized carbons (Fsp3) is 0.667. The zero-order valence-corrected chi connectivity index (χ0v) is 11.7. The highest BCUT2D eigenvalue weighted by Gasteiger charge is 2.31. The maximum Gasteiger partial charge on any atom is 0.291 e. The van der Waals surface area contributed by atoms with Gasteiger partial charge in [-0.15, -0.1) is 0 Å². The highest BCUT2D eigenvalue weighted by atomic mass is 79.9. The van der Waals surface area contributed by atoms with Crippen LogP contribution >= 0.6 is 15.9 Å². The zero-order valence-electron chi connectivity index (χ0n) is 10.1. The average molecular weight is 301 g/mol. The van der Waals surface area contributed by atoms with E-state index in [9.17, 15) is 4.79 Å². The molecule has 0 aromatic carbocycles. The number of carbonyl (C=O) groups is 1. The molecule has 1 amide bonds. The monoisotopic (exact) mass is 300 g/mol. The minimum absolute atomic E-state index is 0.0728. The van der Waals surface area contributed by atoms with Crippen molar-refractivity contribution in [2.75, 3.05) is 7.05 Å². The van der Waals surface area contributed by atoms with E-state index in [1.54, 1.807) is 11.8 Å². The summed E-state index contributed by atoms with van der Waals surface area (Å²) in [7, 11) is 1.84. The molecule has 2 atom stereocenters. The first-order valence-electron chi connectivity index (χ1n) is 5.92. The second-order valence-corrected chi connectivity index (χ2v) is 5.73. The molecule has 0 N–H and O–H groups in total. The van der Waals surface area contributed by atoms with Gasteiger partial charge in [-0.2, -0.15) is 0 Å². The van der Waals surface area contributed by atoms with Gasteiger partial charge in [-0.05, 0) is 19.8 Å². The molecular formula is C12H17BrN2O2. The molecule has 1 aliphatic carbocycles. The molecule has 1 aromatic rings. The van der Waals surface area contributed by atoms with E-state index < -0.39 is 0 Å². The molecule has 17 heavy (non-hydrogen) atoms. The Hall–Kier alpha value is -0.840. The molecule has 5 heteroatoms. The van der Waals surface area contributed by atoms with Crippen LogP contribution in [0.3, 0.4) is 0 Å². The van der Waals surface area contributed by atoms with Gasteiger partial charge in [0.15, 0.2) is 6.39 Å². The molecule has 1 aliphatic rings. The third-order valence-electron chi connectivity index (χ3n) is 3.40.